The second kappa shape index (κ2) is 9.75. The smallest absolute Gasteiger partial charge is 0.138 e. The molecule has 5 aromatic heterocycles. The summed E-state index contributed by atoms with van der Waals surface area (Å²) in [5, 5.41) is 3.29. The van der Waals surface area contributed by atoms with E-state index in [9.17, 15) is 0 Å². The van der Waals surface area contributed by atoms with Crippen LogP contribution < -0.4 is 0 Å². The average molecular weight is 564 g/mol. The zero-order chi connectivity index (χ0) is 29.0. The van der Waals surface area contributed by atoms with E-state index in [4.69, 9.17) is 15.0 Å². The monoisotopic (exact) mass is 563 g/mol. The third-order valence-electron chi connectivity index (χ3n) is 8.47. The van der Waals surface area contributed by atoms with Crippen molar-refractivity contribution in [3.05, 3.63) is 152 Å². The summed E-state index contributed by atoms with van der Waals surface area (Å²) in [6.07, 6.45) is 5.81. The van der Waals surface area contributed by atoms with Crippen molar-refractivity contribution in [2.45, 2.75) is 0 Å². The van der Waals surface area contributed by atoms with Crippen LogP contribution in [0.5, 0.6) is 0 Å². The van der Waals surface area contributed by atoms with Crippen molar-refractivity contribution in [3.63, 3.8) is 0 Å². The van der Waals surface area contributed by atoms with Crippen molar-refractivity contribution in [3.8, 4) is 33.9 Å². The number of aromatic nitrogens is 5. The van der Waals surface area contributed by atoms with E-state index >= 15 is 0 Å². The molecule has 4 aromatic carbocycles. The summed E-state index contributed by atoms with van der Waals surface area (Å²) >= 11 is 0. The van der Waals surface area contributed by atoms with Gasteiger partial charge in [0.1, 0.15) is 11.6 Å². The van der Waals surface area contributed by atoms with Gasteiger partial charge in [-0.05, 0) is 58.7 Å². The molecule has 0 radical (unpaired) electrons. The highest BCUT2D eigenvalue weighted by atomic mass is 15.1. The third kappa shape index (κ3) is 3.69. The minimum atomic E-state index is 0.842. The van der Waals surface area contributed by atoms with Crippen LogP contribution in [0.25, 0.3) is 77.6 Å². The molecule has 0 N–H and O–H groups in total. The van der Waals surface area contributed by atoms with Crippen molar-refractivity contribution in [1.29, 1.82) is 0 Å². The average Bonchev–Trinajstić information content (AvgIpc) is 3.62. The first-order valence-electron chi connectivity index (χ1n) is 14.7. The summed E-state index contributed by atoms with van der Waals surface area (Å²) in [5.41, 5.74) is 9.66. The van der Waals surface area contributed by atoms with Gasteiger partial charge in [0.15, 0.2) is 0 Å². The fraction of sp³-hybridized carbons (Fsp3) is 0. The number of benzene rings is 4. The third-order valence-corrected chi connectivity index (χ3v) is 8.47. The van der Waals surface area contributed by atoms with Crippen LogP contribution in [-0.2, 0) is 0 Å². The Morgan fingerprint density at radius 3 is 1.50 bits per heavy atom. The Bertz CT molecular complexity index is 2310. The summed E-state index contributed by atoms with van der Waals surface area (Å²) in [6, 6.07) is 46.3. The largest absolute Gasteiger partial charge is 0.291 e. The highest BCUT2D eigenvalue weighted by Crippen LogP contribution is 2.40. The molecular weight excluding hydrogens is 538 g/mol. The Morgan fingerprint density at radius 2 is 0.886 bits per heavy atom. The van der Waals surface area contributed by atoms with Crippen molar-refractivity contribution in [2.24, 2.45) is 0 Å². The zero-order valence-corrected chi connectivity index (χ0v) is 23.7. The van der Waals surface area contributed by atoms with Gasteiger partial charge in [-0.1, -0.05) is 97.1 Å². The molecule has 0 spiro atoms. The molecule has 0 bridgehead atoms. The lowest BCUT2D eigenvalue weighted by molar-refractivity contribution is 1.06. The van der Waals surface area contributed by atoms with E-state index in [1.807, 2.05) is 30.7 Å². The van der Waals surface area contributed by atoms with Gasteiger partial charge in [0, 0.05) is 34.7 Å². The topological polar surface area (TPSA) is 48.5 Å². The Labute approximate surface area is 253 Å². The van der Waals surface area contributed by atoms with Gasteiger partial charge in [0.05, 0.1) is 27.6 Å². The molecule has 5 heteroatoms. The number of nitrogens with zero attached hydrogens (tertiary/aromatic N) is 5. The number of pyridine rings is 3. The van der Waals surface area contributed by atoms with E-state index in [0.29, 0.717) is 0 Å². The van der Waals surface area contributed by atoms with Crippen molar-refractivity contribution >= 4 is 43.7 Å². The highest BCUT2D eigenvalue weighted by Gasteiger charge is 2.23. The predicted molar refractivity (Wildman–Crippen MR) is 179 cm³/mol. The minimum Gasteiger partial charge on any atom is -0.291 e. The number of para-hydroxylation sites is 2. The molecule has 0 atom stereocenters. The van der Waals surface area contributed by atoms with Crippen LogP contribution in [0, 0.1) is 0 Å². The fourth-order valence-electron chi connectivity index (χ4n) is 6.51. The molecule has 0 saturated heterocycles. The minimum absolute atomic E-state index is 0.842. The molecular formula is C39H25N5. The molecule has 9 rings (SSSR count). The van der Waals surface area contributed by atoms with Gasteiger partial charge in [0.25, 0.3) is 0 Å². The molecule has 0 amide bonds. The molecule has 5 nitrogen and oxygen atoms in total. The van der Waals surface area contributed by atoms with Crippen LogP contribution in [-0.4, -0.2) is 24.1 Å². The van der Waals surface area contributed by atoms with E-state index in [-0.39, 0.29) is 0 Å². The molecule has 0 fully saturated rings. The lowest BCUT2D eigenvalue weighted by atomic mass is 10.1. The van der Waals surface area contributed by atoms with Crippen LogP contribution >= 0.6 is 0 Å². The number of hydrogen-bond donors (Lipinski definition) is 0. The van der Waals surface area contributed by atoms with Crippen molar-refractivity contribution in [1.82, 2.24) is 24.1 Å². The van der Waals surface area contributed by atoms with E-state index in [1.165, 1.54) is 0 Å². The van der Waals surface area contributed by atoms with Gasteiger partial charge in [-0.25, -0.2) is 9.97 Å². The Morgan fingerprint density at radius 1 is 0.386 bits per heavy atom. The standard InChI is InChI=1S/C39H25N5/c1-3-11-26(12-4-1)28-19-21-40-35(23-28)43-33-17-9-7-15-30(33)32-25-42-37-31-16-8-10-18-34(31)44(39(37)38(32)43)36-24-29(20-22-41-36)27-13-5-2-6-14-27/h1-25H. The molecule has 5 heterocycles. The number of fused-ring (bicyclic) bond motifs is 7. The highest BCUT2D eigenvalue weighted by molar-refractivity contribution is 6.22. The first kappa shape index (κ1) is 24.5. The molecule has 206 valence electrons. The molecule has 0 aliphatic heterocycles. The van der Waals surface area contributed by atoms with Crippen LogP contribution in [0.3, 0.4) is 0 Å². The second-order valence-electron chi connectivity index (χ2n) is 11.0. The van der Waals surface area contributed by atoms with Gasteiger partial charge in [-0.15, -0.1) is 0 Å². The lowest BCUT2D eigenvalue weighted by Gasteiger charge is -2.13. The summed E-state index contributed by atoms with van der Waals surface area (Å²) in [7, 11) is 0. The first-order chi connectivity index (χ1) is 21.8. The number of hydrogen-bond acceptors (Lipinski definition) is 3. The van der Waals surface area contributed by atoms with Crippen LogP contribution in [0.15, 0.2) is 152 Å². The maximum Gasteiger partial charge on any atom is 0.138 e. The quantitative estimate of drug-likeness (QED) is 0.214. The Kier molecular flexibility index (Phi) is 5.43. The van der Waals surface area contributed by atoms with Crippen LogP contribution in [0.2, 0.25) is 0 Å². The van der Waals surface area contributed by atoms with Crippen molar-refractivity contribution in [2.75, 3.05) is 0 Å². The fourth-order valence-corrected chi connectivity index (χ4v) is 6.51. The lowest BCUT2D eigenvalue weighted by Crippen LogP contribution is -2.02. The van der Waals surface area contributed by atoms with E-state index in [2.05, 4.69) is 130 Å². The van der Waals surface area contributed by atoms with E-state index in [0.717, 1.165) is 77.6 Å². The predicted octanol–water partition coefficient (Wildman–Crippen LogP) is 9.40. The normalized spacial score (nSPS) is 11.6. The van der Waals surface area contributed by atoms with Gasteiger partial charge < -0.3 is 0 Å². The van der Waals surface area contributed by atoms with Gasteiger partial charge in [0.2, 0.25) is 0 Å². The van der Waals surface area contributed by atoms with Crippen molar-refractivity contribution < 1.29 is 0 Å². The van der Waals surface area contributed by atoms with Gasteiger partial charge in [-0.2, -0.15) is 0 Å². The summed E-state index contributed by atoms with van der Waals surface area (Å²) in [5.74, 6) is 1.70. The van der Waals surface area contributed by atoms with Crippen LogP contribution in [0.4, 0.5) is 0 Å². The van der Waals surface area contributed by atoms with E-state index in [1.54, 1.807) is 0 Å². The SMILES string of the molecule is c1ccc(-c2ccnc(-n3c4ccccc4c4cnc5c6ccccc6n(-c6cc(-c7ccccc7)ccn6)c5c43)c2)cc1. The Hall–Kier alpha value is -6.07. The number of rotatable bonds is 4. The molecule has 44 heavy (non-hydrogen) atoms. The summed E-state index contributed by atoms with van der Waals surface area (Å²) in [4.78, 5) is 15.0. The summed E-state index contributed by atoms with van der Waals surface area (Å²) in [6.45, 7) is 0. The molecule has 0 aliphatic carbocycles. The molecule has 0 saturated carbocycles. The van der Waals surface area contributed by atoms with Crippen LogP contribution in [0.1, 0.15) is 0 Å². The summed E-state index contributed by atoms with van der Waals surface area (Å²) < 4.78 is 4.56. The molecule has 0 unspecified atom stereocenters. The van der Waals surface area contributed by atoms with Gasteiger partial charge >= 0.3 is 0 Å². The van der Waals surface area contributed by atoms with E-state index < -0.39 is 0 Å². The maximum absolute atomic E-state index is 5.10. The molecule has 0 aliphatic rings. The maximum atomic E-state index is 5.10. The Balaban J connectivity index is 1.42. The zero-order valence-electron chi connectivity index (χ0n) is 23.7. The second-order valence-corrected chi connectivity index (χ2v) is 11.0. The first-order valence-corrected chi connectivity index (χ1v) is 14.7. The van der Waals surface area contributed by atoms with Gasteiger partial charge in [-0.3, -0.25) is 14.1 Å². The molecule has 9 aromatic rings.